The number of alkyl halides is 3. The number of aromatic nitrogens is 2. The highest BCUT2D eigenvalue weighted by atomic mass is 19.4. The van der Waals surface area contributed by atoms with E-state index in [0.717, 1.165) is 6.07 Å². The first-order valence-electron chi connectivity index (χ1n) is 7.49. The number of benzene rings is 1. The molecule has 1 aromatic heterocycles. The van der Waals surface area contributed by atoms with E-state index < -0.39 is 23.8 Å². The summed E-state index contributed by atoms with van der Waals surface area (Å²) in [5.74, 6) is -0.0404. The van der Waals surface area contributed by atoms with E-state index >= 15 is 0 Å². The van der Waals surface area contributed by atoms with Crippen molar-refractivity contribution in [2.24, 2.45) is 0 Å². The second-order valence-electron chi connectivity index (χ2n) is 5.15. The first kappa shape index (κ1) is 18.7. The van der Waals surface area contributed by atoms with Crippen LogP contribution in [0.1, 0.15) is 23.7 Å². The van der Waals surface area contributed by atoms with E-state index in [1.54, 1.807) is 18.5 Å². The van der Waals surface area contributed by atoms with Gasteiger partial charge in [0.05, 0.1) is 11.7 Å². The lowest BCUT2D eigenvalue weighted by molar-refractivity contribution is -0.139. The predicted molar refractivity (Wildman–Crippen MR) is 84.6 cm³/mol. The summed E-state index contributed by atoms with van der Waals surface area (Å²) in [7, 11) is 0. The van der Waals surface area contributed by atoms with E-state index in [1.165, 1.54) is 18.2 Å². The number of anilines is 1. The van der Waals surface area contributed by atoms with Crippen LogP contribution in [-0.4, -0.2) is 34.1 Å². The lowest BCUT2D eigenvalue weighted by Gasteiger charge is -2.18. The van der Waals surface area contributed by atoms with Crippen molar-refractivity contribution in [3.8, 4) is 0 Å². The molecule has 1 unspecified atom stereocenters. The number of hydrogen-bond acceptors (Lipinski definition) is 5. The minimum absolute atomic E-state index is 0.0614. The minimum Gasteiger partial charge on any atom is -0.387 e. The molecule has 2 rings (SSSR count). The molecule has 1 amide bonds. The van der Waals surface area contributed by atoms with Crippen LogP contribution < -0.4 is 10.6 Å². The fourth-order valence-electron chi connectivity index (χ4n) is 2.13. The molecular weight excluding hydrogens is 337 g/mol. The summed E-state index contributed by atoms with van der Waals surface area (Å²) >= 11 is 0. The summed E-state index contributed by atoms with van der Waals surface area (Å²) in [5, 5.41) is 15.2. The maximum atomic E-state index is 12.9. The van der Waals surface area contributed by atoms with E-state index in [2.05, 4.69) is 20.6 Å². The monoisotopic (exact) mass is 354 g/mol. The molecule has 0 saturated carbocycles. The van der Waals surface area contributed by atoms with E-state index in [-0.39, 0.29) is 25.1 Å². The number of aliphatic hydroxyl groups excluding tert-OH is 1. The molecule has 2 aromatic rings. The summed E-state index contributed by atoms with van der Waals surface area (Å²) < 4.78 is 38.8. The Labute approximate surface area is 142 Å². The Hall–Kier alpha value is -2.68. The first-order chi connectivity index (χ1) is 11.9. The fourth-order valence-corrected chi connectivity index (χ4v) is 2.13. The van der Waals surface area contributed by atoms with Gasteiger partial charge in [-0.3, -0.25) is 4.79 Å². The Balaban J connectivity index is 1.82. The van der Waals surface area contributed by atoms with Crippen molar-refractivity contribution >= 4 is 11.9 Å². The zero-order valence-electron chi connectivity index (χ0n) is 13.1. The number of amides is 1. The molecule has 6 nitrogen and oxygen atoms in total. The SMILES string of the molecule is O=C(CCNc1ncccn1)NCC(O)c1ccccc1C(F)(F)F. The molecule has 0 bridgehead atoms. The van der Waals surface area contributed by atoms with Crippen molar-refractivity contribution in [2.45, 2.75) is 18.7 Å². The van der Waals surface area contributed by atoms with Gasteiger partial charge in [-0.25, -0.2) is 9.97 Å². The number of carbonyl (C=O) groups excluding carboxylic acids is 1. The third-order valence-corrected chi connectivity index (χ3v) is 3.32. The molecule has 0 radical (unpaired) electrons. The van der Waals surface area contributed by atoms with Gasteiger partial charge in [0.1, 0.15) is 0 Å². The van der Waals surface area contributed by atoms with Crippen LogP contribution in [0.3, 0.4) is 0 Å². The number of nitrogens with zero attached hydrogens (tertiary/aromatic N) is 2. The fraction of sp³-hybridized carbons (Fsp3) is 0.312. The average Bonchev–Trinajstić information content (AvgIpc) is 2.60. The maximum absolute atomic E-state index is 12.9. The number of rotatable bonds is 7. The van der Waals surface area contributed by atoms with E-state index in [9.17, 15) is 23.1 Å². The molecule has 0 aliphatic rings. The molecule has 25 heavy (non-hydrogen) atoms. The molecule has 9 heteroatoms. The standard InChI is InChI=1S/C16H17F3N4O2/c17-16(18,19)12-5-2-1-4-11(12)13(24)10-23-14(25)6-9-22-15-20-7-3-8-21-15/h1-5,7-8,13,24H,6,9-10H2,(H,23,25)(H,20,21,22). The third-order valence-electron chi connectivity index (χ3n) is 3.32. The van der Waals surface area contributed by atoms with Crippen molar-refractivity contribution < 1.29 is 23.1 Å². The van der Waals surface area contributed by atoms with Crippen LogP contribution in [0, 0.1) is 0 Å². The molecule has 3 N–H and O–H groups in total. The molecule has 134 valence electrons. The summed E-state index contributed by atoms with van der Waals surface area (Å²) in [6, 6.07) is 6.38. The van der Waals surface area contributed by atoms with Crippen LogP contribution in [0.4, 0.5) is 19.1 Å². The molecule has 0 saturated heterocycles. The molecule has 1 aromatic carbocycles. The highest BCUT2D eigenvalue weighted by Gasteiger charge is 2.34. The first-order valence-corrected chi connectivity index (χ1v) is 7.49. The van der Waals surface area contributed by atoms with Gasteiger partial charge in [0, 0.05) is 31.9 Å². The Morgan fingerprint density at radius 1 is 1.16 bits per heavy atom. The maximum Gasteiger partial charge on any atom is 0.416 e. The molecule has 1 heterocycles. The van der Waals surface area contributed by atoms with Gasteiger partial charge in [-0.1, -0.05) is 18.2 Å². The zero-order chi connectivity index (χ0) is 18.3. The van der Waals surface area contributed by atoms with Crippen LogP contribution in [0.5, 0.6) is 0 Å². The molecule has 0 aliphatic carbocycles. The number of aliphatic hydroxyl groups is 1. The molecule has 0 aliphatic heterocycles. The summed E-state index contributed by atoms with van der Waals surface area (Å²) in [5.41, 5.74) is -1.19. The molecule has 0 spiro atoms. The second kappa shape index (κ2) is 8.43. The van der Waals surface area contributed by atoms with Gasteiger partial charge >= 0.3 is 6.18 Å². The van der Waals surface area contributed by atoms with Gasteiger partial charge in [-0.15, -0.1) is 0 Å². The molecule has 1 atom stereocenters. The molecular formula is C16H17F3N4O2. The van der Waals surface area contributed by atoms with Crippen LogP contribution in [0.15, 0.2) is 42.7 Å². The summed E-state index contributed by atoms with van der Waals surface area (Å²) in [4.78, 5) is 19.6. The van der Waals surface area contributed by atoms with Crippen molar-refractivity contribution in [2.75, 3.05) is 18.4 Å². The van der Waals surface area contributed by atoms with Crippen LogP contribution in [-0.2, 0) is 11.0 Å². The smallest absolute Gasteiger partial charge is 0.387 e. The number of carbonyl (C=O) groups is 1. The Morgan fingerprint density at radius 2 is 1.84 bits per heavy atom. The summed E-state index contributed by atoms with van der Waals surface area (Å²) in [6.07, 6.45) is -2.87. The Bertz CT molecular complexity index is 695. The Kier molecular flexibility index (Phi) is 6.29. The highest BCUT2D eigenvalue weighted by molar-refractivity contribution is 5.76. The quantitative estimate of drug-likeness (QED) is 0.709. The lowest BCUT2D eigenvalue weighted by Crippen LogP contribution is -2.30. The van der Waals surface area contributed by atoms with E-state index in [0.29, 0.717) is 5.95 Å². The summed E-state index contributed by atoms with van der Waals surface area (Å²) in [6.45, 7) is -0.0567. The predicted octanol–water partition coefficient (Wildman–Crippen LogP) is 2.15. The second-order valence-corrected chi connectivity index (χ2v) is 5.15. The normalized spacial score (nSPS) is 12.5. The van der Waals surface area contributed by atoms with Gasteiger partial charge in [-0.05, 0) is 17.7 Å². The van der Waals surface area contributed by atoms with Gasteiger partial charge in [0.25, 0.3) is 0 Å². The third kappa shape index (κ3) is 5.71. The van der Waals surface area contributed by atoms with Crippen LogP contribution >= 0.6 is 0 Å². The van der Waals surface area contributed by atoms with Crippen molar-refractivity contribution in [1.82, 2.24) is 15.3 Å². The average molecular weight is 354 g/mol. The highest BCUT2D eigenvalue weighted by Crippen LogP contribution is 2.34. The topological polar surface area (TPSA) is 87.1 Å². The van der Waals surface area contributed by atoms with Crippen molar-refractivity contribution in [1.29, 1.82) is 0 Å². The van der Waals surface area contributed by atoms with Gasteiger partial charge < -0.3 is 15.7 Å². The number of hydrogen-bond donors (Lipinski definition) is 3. The van der Waals surface area contributed by atoms with E-state index in [4.69, 9.17) is 0 Å². The largest absolute Gasteiger partial charge is 0.416 e. The van der Waals surface area contributed by atoms with E-state index in [1.807, 2.05) is 0 Å². The lowest BCUT2D eigenvalue weighted by atomic mass is 10.0. The molecule has 0 fully saturated rings. The van der Waals surface area contributed by atoms with Gasteiger partial charge in [0.2, 0.25) is 11.9 Å². The van der Waals surface area contributed by atoms with Gasteiger partial charge in [-0.2, -0.15) is 13.2 Å². The minimum atomic E-state index is -4.57. The van der Waals surface area contributed by atoms with Crippen molar-refractivity contribution in [3.05, 3.63) is 53.9 Å². The van der Waals surface area contributed by atoms with Gasteiger partial charge in [0.15, 0.2) is 0 Å². The number of nitrogens with one attached hydrogen (secondary N) is 2. The zero-order valence-corrected chi connectivity index (χ0v) is 13.1. The number of halogens is 3. The van der Waals surface area contributed by atoms with Crippen LogP contribution in [0.2, 0.25) is 0 Å². The van der Waals surface area contributed by atoms with Crippen molar-refractivity contribution in [3.63, 3.8) is 0 Å². The Morgan fingerprint density at radius 3 is 2.52 bits per heavy atom. The van der Waals surface area contributed by atoms with Crippen LogP contribution in [0.25, 0.3) is 0 Å².